The van der Waals surface area contributed by atoms with Crippen molar-refractivity contribution in [3.8, 4) is 0 Å². The van der Waals surface area contributed by atoms with E-state index in [0.29, 0.717) is 18.7 Å². The number of sulfonamides is 1. The maximum absolute atomic E-state index is 13.4. The highest BCUT2D eigenvalue weighted by atomic mass is 32.2. The Morgan fingerprint density at radius 3 is 2.28 bits per heavy atom. The standard InChI is InChI=1S/C27H36FN3O4S/c1-3-25(27(33)29-23-12-7-8-13-23)30(20-21-10-5-4-6-11-21)26(32)14-9-19-31(36(2,34)35)24-17-15-22(28)16-18-24/h4-6,10-11,15-18,23,25H,3,7-9,12-14,19-20H2,1-2H3,(H,29,33). The van der Waals surface area contributed by atoms with Gasteiger partial charge in [-0.3, -0.25) is 13.9 Å². The first-order chi connectivity index (χ1) is 17.2. The van der Waals surface area contributed by atoms with Gasteiger partial charge in [0, 0.05) is 25.6 Å². The quantitative estimate of drug-likeness (QED) is 0.456. The zero-order valence-electron chi connectivity index (χ0n) is 21.0. The van der Waals surface area contributed by atoms with Gasteiger partial charge in [0.2, 0.25) is 21.8 Å². The molecule has 1 aliphatic carbocycles. The predicted octanol–water partition coefficient (Wildman–Crippen LogP) is 4.24. The molecule has 36 heavy (non-hydrogen) atoms. The first-order valence-electron chi connectivity index (χ1n) is 12.6. The zero-order valence-corrected chi connectivity index (χ0v) is 21.8. The van der Waals surface area contributed by atoms with Gasteiger partial charge < -0.3 is 10.2 Å². The van der Waals surface area contributed by atoms with E-state index in [1.165, 1.54) is 28.6 Å². The zero-order chi connectivity index (χ0) is 26.1. The summed E-state index contributed by atoms with van der Waals surface area (Å²) in [7, 11) is -3.62. The van der Waals surface area contributed by atoms with Crippen molar-refractivity contribution in [3.05, 3.63) is 66.0 Å². The van der Waals surface area contributed by atoms with Crippen LogP contribution in [0, 0.1) is 5.82 Å². The number of hydrogen-bond acceptors (Lipinski definition) is 4. The smallest absolute Gasteiger partial charge is 0.243 e. The molecule has 0 spiro atoms. The molecule has 0 saturated heterocycles. The van der Waals surface area contributed by atoms with Gasteiger partial charge in [-0.15, -0.1) is 0 Å². The highest BCUT2D eigenvalue weighted by Gasteiger charge is 2.30. The van der Waals surface area contributed by atoms with Crippen LogP contribution in [0.15, 0.2) is 54.6 Å². The number of nitrogens with one attached hydrogen (secondary N) is 1. The minimum Gasteiger partial charge on any atom is -0.352 e. The van der Waals surface area contributed by atoms with Crippen molar-refractivity contribution in [3.63, 3.8) is 0 Å². The topological polar surface area (TPSA) is 86.8 Å². The van der Waals surface area contributed by atoms with Crippen LogP contribution in [0.4, 0.5) is 10.1 Å². The van der Waals surface area contributed by atoms with E-state index in [9.17, 15) is 22.4 Å². The minimum atomic E-state index is -3.62. The van der Waals surface area contributed by atoms with Crippen molar-refractivity contribution in [2.24, 2.45) is 0 Å². The third kappa shape index (κ3) is 7.78. The molecule has 0 bridgehead atoms. The molecule has 0 heterocycles. The first-order valence-corrected chi connectivity index (χ1v) is 14.4. The molecule has 1 N–H and O–H groups in total. The van der Waals surface area contributed by atoms with E-state index in [-0.39, 0.29) is 37.2 Å². The number of carbonyl (C=O) groups excluding carboxylic acids is 2. The number of nitrogens with zero attached hydrogens (tertiary/aromatic N) is 2. The van der Waals surface area contributed by atoms with E-state index in [4.69, 9.17) is 0 Å². The van der Waals surface area contributed by atoms with Crippen LogP contribution in [0.2, 0.25) is 0 Å². The molecule has 0 radical (unpaired) electrons. The summed E-state index contributed by atoms with van der Waals surface area (Å²) < 4.78 is 39.2. The van der Waals surface area contributed by atoms with Crippen LogP contribution in [0.3, 0.4) is 0 Å². The molecule has 3 rings (SSSR count). The minimum absolute atomic E-state index is 0.0699. The molecule has 1 saturated carbocycles. The van der Waals surface area contributed by atoms with E-state index >= 15 is 0 Å². The van der Waals surface area contributed by atoms with E-state index in [1.54, 1.807) is 4.90 Å². The molecule has 0 aromatic heterocycles. The SMILES string of the molecule is CCC(C(=O)NC1CCCC1)N(Cc1ccccc1)C(=O)CCCN(c1ccc(F)cc1)S(C)(=O)=O. The number of rotatable bonds is 12. The Morgan fingerprint density at radius 2 is 1.69 bits per heavy atom. The summed E-state index contributed by atoms with van der Waals surface area (Å²) in [5.74, 6) is -0.807. The fraction of sp³-hybridized carbons (Fsp3) is 0.481. The van der Waals surface area contributed by atoms with Crippen molar-refractivity contribution in [1.29, 1.82) is 0 Å². The van der Waals surface area contributed by atoms with Crippen molar-refractivity contribution in [1.82, 2.24) is 10.2 Å². The van der Waals surface area contributed by atoms with Crippen LogP contribution in [0.25, 0.3) is 0 Å². The van der Waals surface area contributed by atoms with Gasteiger partial charge in [0.25, 0.3) is 0 Å². The molecule has 2 amide bonds. The van der Waals surface area contributed by atoms with E-state index < -0.39 is 21.9 Å². The highest BCUT2D eigenvalue weighted by molar-refractivity contribution is 7.92. The second kappa shape index (κ2) is 12.9. The third-order valence-corrected chi connectivity index (χ3v) is 7.74. The third-order valence-electron chi connectivity index (χ3n) is 6.55. The molecular weight excluding hydrogens is 481 g/mol. The average Bonchev–Trinajstić information content (AvgIpc) is 3.35. The number of benzene rings is 2. The van der Waals surface area contributed by atoms with Gasteiger partial charge in [0.05, 0.1) is 11.9 Å². The van der Waals surface area contributed by atoms with Crippen LogP contribution in [0.1, 0.15) is 57.4 Å². The number of anilines is 1. The fourth-order valence-corrected chi connectivity index (χ4v) is 5.64. The van der Waals surface area contributed by atoms with Gasteiger partial charge in [-0.2, -0.15) is 0 Å². The Hall–Kier alpha value is -2.94. The second-order valence-electron chi connectivity index (χ2n) is 9.34. The summed E-state index contributed by atoms with van der Waals surface area (Å²) in [5, 5.41) is 3.12. The first kappa shape index (κ1) is 27.6. The van der Waals surface area contributed by atoms with Gasteiger partial charge in [-0.05, 0) is 55.5 Å². The normalized spacial score (nSPS) is 14.9. The van der Waals surface area contributed by atoms with Gasteiger partial charge in [-0.1, -0.05) is 50.1 Å². The monoisotopic (exact) mass is 517 g/mol. The van der Waals surface area contributed by atoms with E-state index in [2.05, 4.69) is 5.32 Å². The summed E-state index contributed by atoms with van der Waals surface area (Å²) in [5.41, 5.74) is 1.26. The number of carbonyl (C=O) groups is 2. The maximum atomic E-state index is 13.4. The summed E-state index contributed by atoms with van der Waals surface area (Å²) in [6, 6.07) is 14.3. The van der Waals surface area contributed by atoms with E-state index in [1.807, 2.05) is 37.3 Å². The molecule has 1 fully saturated rings. The Balaban J connectivity index is 1.72. The lowest BCUT2D eigenvalue weighted by Crippen LogP contribution is -2.51. The Labute approximate surface area is 213 Å². The Morgan fingerprint density at radius 1 is 1.06 bits per heavy atom. The molecule has 196 valence electrons. The Kier molecular flexibility index (Phi) is 9.87. The predicted molar refractivity (Wildman–Crippen MR) is 139 cm³/mol. The molecule has 1 atom stereocenters. The van der Waals surface area contributed by atoms with Crippen LogP contribution < -0.4 is 9.62 Å². The summed E-state index contributed by atoms with van der Waals surface area (Å²) in [4.78, 5) is 28.2. The van der Waals surface area contributed by atoms with Gasteiger partial charge in [0.15, 0.2) is 0 Å². The van der Waals surface area contributed by atoms with E-state index in [0.717, 1.165) is 37.5 Å². The van der Waals surface area contributed by atoms with Gasteiger partial charge >= 0.3 is 0 Å². The lowest BCUT2D eigenvalue weighted by atomic mass is 10.1. The van der Waals surface area contributed by atoms with Gasteiger partial charge in [0.1, 0.15) is 11.9 Å². The van der Waals surface area contributed by atoms with Crippen LogP contribution in [-0.2, 0) is 26.2 Å². The van der Waals surface area contributed by atoms with Crippen LogP contribution >= 0.6 is 0 Å². The van der Waals surface area contributed by atoms with Gasteiger partial charge in [-0.25, -0.2) is 12.8 Å². The number of amides is 2. The Bertz CT molecular complexity index is 1100. The summed E-state index contributed by atoms with van der Waals surface area (Å²) in [6.07, 6.45) is 6.00. The molecule has 1 unspecified atom stereocenters. The highest BCUT2D eigenvalue weighted by Crippen LogP contribution is 2.21. The number of halogens is 1. The fourth-order valence-electron chi connectivity index (χ4n) is 4.68. The molecule has 0 aliphatic heterocycles. The molecule has 2 aromatic rings. The maximum Gasteiger partial charge on any atom is 0.243 e. The van der Waals surface area contributed by atoms with Crippen molar-refractivity contribution in [2.75, 3.05) is 17.1 Å². The lowest BCUT2D eigenvalue weighted by molar-refractivity contribution is -0.141. The lowest BCUT2D eigenvalue weighted by Gasteiger charge is -2.32. The van der Waals surface area contributed by atoms with Crippen molar-refractivity contribution < 1.29 is 22.4 Å². The second-order valence-corrected chi connectivity index (χ2v) is 11.2. The molecule has 2 aromatic carbocycles. The summed E-state index contributed by atoms with van der Waals surface area (Å²) in [6.45, 7) is 2.26. The van der Waals surface area contributed by atoms with Crippen molar-refractivity contribution in [2.45, 2.75) is 70.5 Å². The van der Waals surface area contributed by atoms with Crippen LogP contribution in [-0.4, -0.2) is 50.0 Å². The molecule has 1 aliphatic rings. The van der Waals surface area contributed by atoms with Crippen LogP contribution in [0.5, 0.6) is 0 Å². The van der Waals surface area contributed by atoms with Crippen molar-refractivity contribution >= 4 is 27.5 Å². The molecule has 7 nitrogen and oxygen atoms in total. The summed E-state index contributed by atoms with van der Waals surface area (Å²) >= 11 is 0. The largest absolute Gasteiger partial charge is 0.352 e. The molecular formula is C27H36FN3O4S. The molecule has 9 heteroatoms. The average molecular weight is 518 g/mol. The number of hydrogen-bond donors (Lipinski definition) is 1.